The summed E-state index contributed by atoms with van der Waals surface area (Å²) in [5.74, 6) is -1.22. The van der Waals surface area contributed by atoms with Crippen LogP contribution in [0, 0.1) is 5.92 Å². The van der Waals surface area contributed by atoms with Crippen molar-refractivity contribution in [3.05, 3.63) is 40.0 Å². The second kappa shape index (κ2) is 9.64. The number of halogens is 1. The third kappa shape index (κ3) is 5.38. The van der Waals surface area contributed by atoms with Crippen molar-refractivity contribution in [2.45, 2.75) is 108 Å². The van der Waals surface area contributed by atoms with Crippen LogP contribution < -0.4 is 10.1 Å². The molecule has 0 atom stereocenters. The summed E-state index contributed by atoms with van der Waals surface area (Å²) < 4.78 is 8.18. The van der Waals surface area contributed by atoms with Crippen LogP contribution in [0.25, 0.3) is 5.69 Å². The molecule has 0 bridgehead atoms. The normalized spacial score (nSPS) is 23.3. The van der Waals surface area contributed by atoms with Crippen LogP contribution in [0.2, 0.25) is 5.02 Å². The van der Waals surface area contributed by atoms with Crippen LogP contribution in [0.5, 0.6) is 5.88 Å². The zero-order valence-electron chi connectivity index (χ0n) is 22.3. The molecule has 0 radical (unpaired) electrons. The summed E-state index contributed by atoms with van der Waals surface area (Å²) in [6.07, 6.45) is 8.49. The molecule has 1 amide bonds. The molecule has 5 rings (SSSR count). The van der Waals surface area contributed by atoms with Crippen molar-refractivity contribution in [2.75, 3.05) is 0 Å². The molecule has 37 heavy (non-hydrogen) atoms. The van der Waals surface area contributed by atoms with Crippen molar-refractivity contribution < 1.29 is 19.4 Å². The summed E-state index contributed by atoms with van der Waals surface area (Å²) in [5.41, 5.74) is 3.52. The van der Waals surface area contributed by atoms with E-state index in [9.17, 15) is 9.59 Å². The number of ether oxygens (including phenoxy) is 1. The summed E-state index contributed by atoms with van der Waals surface area (Å²) in [4.78, 5) is 24.4. The second-order valence-corrected chi connectivity index (χ2v) is 12.9. The van der Waals surface area contributed by atoms with Gasteiger partial charge in [0, 0.05) is 6.04 Å². The van der Waals surface area contributed by atoms with Crippen molar-refractivity contribution in [2.24, 2.45) is 5.92 Å². The number of nitrogens with one attached hydrogen (secondary N) is 1. The van der Waals surface area contributed by atoms with E-state index in [1.807, 2.05) is 0 Å². The molecule has 1 aromatic heterocycles. The molecule has 3 saturated carbocycles. The molecule has 3 aliphatic rings. The molecular weight excluding hydrogens is 490 g/mol. The third-order valence-electron chi connectivity index (χ3n) is 8.38. The number of benzene rings is 1. The number of carbonyl (C=O) groups excluding carboxylic acids is 1. The van der Waals surface area contributed by atoms with Crippen molar-refractivity contribution >= 4 is 23.5 Å². The van der Waals surface area contributed by atoms with Crippen molar-refractivity contribution in [3.63, 3.8) is 0 Å². The number of aliphatic carboxylic acids is 1. The lowest BCUT2D eigenvalue weighted by Gasteiger charge is -2.32. The van der Waals surface area contributed by atoms with Gasteiger partial charge < -0.3 is 15.2 Å². The van der Waals surface area contributed by atoms with Crippen LogP contribution in [0.4, 0.5) is 0 Å². The van der Waals surface area contributed by atoms with E-state index in [4.69, 9.17) is 26.5 Å². The van der Waals surface area contributed by atoms with Crippen LogP contribution in [-0.4, -0.2) is 38.9 Å². The van der Waals surface area contributed by atoms with Gasteiger partial charge in [0.2, 0.25) is 5.88 Å². The van der Waals surface area contributed by atoms with Gasteiger partial charge >= 0.3 is 5.97 Å². The van der Waals surface area contributed by atoms with Gasteiger partial charge in [0.15, 0.2) is 5.69 Å². The van der Waals surface area contributed by atoms with Gasteiger partial charge in [0.25, 0.3) is 5.91 Å². The molecule has 1 aromatic carbocycles. The number of hydrogen-bond acceptors (Lipinski definition) is 4. The SMILES string of the molecule is CC(C)(C)c1cc(-n2nc(C(=O)NC3CC(C(=O)O)C3)c(Cl)c2OC2CCCCC2)cc(C2(C)CC2)c1. The smallest absolute Gasteiger partial charge is 0.306 e. The fraction of sp³-hybridized carbons (Fsp3) is 0.621. The predicted octanol–water partition coefficient (Wildman–Crippen LogP) is 6.18. The maximum Gasteiger partial charge on any atom is 0.306 e. The molecule has 0 saturated heterocycles. The summed E-state index contributed by atoms with van der Waals surface area (Å²) in [6.45, 7) is 8.88. The maximum atomic E-state index is 13.2. The van der Waals surface area contributed by atoms with Crippen LogP contribution >= 0.6 is 11.6 Å². The topological polar surface area (TPSA) is 93.5 Å². The third-order valence-corrected chi connectivity index (χ3v) is 8.72. The number of amides is 1. The molecule has 8 heteroatoms. The monoisotopic (exact) mass is 527 g/mol. The number of rotatable bonds is 7. The van der Waals surface area contributed by atoms with E-state index in [1.165, 1.54) is 17.5 Å². The molecule has 0 unspecified atom stereocenters. The van der Waals surface area contributed by atoms with Crippen molar-refractivity contribution in [3.8, 4) is 11.6 Å². The second-order valence-electron chi connectivity index (χ2n) is 12.5. The van der Waals surface area contributed by atoms with Gasteiger partial charge in [0.1, 0.15) is 11.1 Å². The molecule has 1 heterocycles. The van der Waals surface area contributed by atoms with E-state index in [1.54, 1.807) is 4.68 Å². The highest BCUT2D eigenvalue weighted by atomic mass is 35.5. The lowest BCUT2D eigenvalue weighted by atomic mass is 9.80. The molecule has 200 valence electrons. The fourth-order valence-corrected chi connectivity index (χ4v) is 5.58. The Hall–Kier alpha value is -2.54. The van der Waals surface area contributed by atoms with Crippen LogP contribution in [0.1, 0.15) is 107 Å². The van der Waals surface area contributed by atoms with Crippen molar-refractivity contribution in [1.29, 1.82) is 0 Å². The Kier molecular flexibility index (Phi) is 6.80. The molecule has 2 N–H and O–H groups in total. The lowest BCUT2D eigenvalue weighted by Crippen LogP contribution is -2.46. The number of aromatic nitrogens is 2. The minimum absolute atomic E-state index is 0.0341. The van der Waals surface area contributed by atoms with E-state index < -0.39 is 17.8 Å². The lowest BCUT2D eigenvalue weighted by molar-refractivity contribution is -0.145. The largest absolute Gasteiger partial charge is 0.481 e. The van der Waals surface area contributed by atoms with Crippen LogP contribution in [-0.2, 0) is 15.6 Å². The molecule has 7 nitrogen and oxygen atoms in total. The Morgan fingerprint density at radius 2 is 1.81 bits per heavy atom. The highest BCUT2D eigenvalue weighted by Crippen LogP contribution is 2.49. The van der Waals surface area contributed by atoms with Crippen molar-refractivity contribution in [1.82, 2.24) is 15.1 Å². The van der Waals surface area contributed by atoms with Gasteiger partial charge in [-0.2, -0.15) is 9.78 Å². The molecule has 0 spiro atoms. The highest BCUT2D eigenvalue weighted by Gasteiger charge is 2.40. The molecule has 3 aliphatic carbocycles. The number of hydrogen-bond donors (Lipinski definition) is 2. The van der Waals surface area contributed by atoms with E-state index in [0.29, 0.717) is 18.7 Å². The average molecular weight is 528 g/mol. The van der Waals surface area contributed by atoms with Gasteiger partial charge in [0.05, 0.1) is 11.6 Å². The molecule has 3 fully saturated rings. The number of carbonyl (C=O) groups is 2. The first-order valence-electron chi connectivity index (χ1n) is 13.6. The van der Waals surface area contributed by atoms with Gasteiger partial charge in [-0.1, -0.05) is 51.8 Å². The van der Waals surface area contributed by atoms with Gasteiger partial charge in [-0.05, 0) is 85.5 Å². The fourth-order valence-electron chi connectivity index (χ4n) is 5.33. The van der Waals surface area contributed by atoms with E-state index in [2.05, 4.69) is 51.2 Å². The molecule has 2 aromatic rings. The molecule has 0 aliphatic heterocycles. The minimum Gasteiger partial charge on any atom is -0.481 e. The Bertz CT molecular complexity index is 1170. The Morgan fingerprint density at radius 3 is 2.41 bits per heavy atom. The summed E-state index contributed by atoms with van der Waals surface area (Å²) >= 11 is 6.83. The number of carboxylic acids is 1. The van der Waals surface area contributed by atoms with Gasteiger partial charge in [-0.15, -0.1) is 0 Å². The summed E-state index contributed by atoms with van der Waals surface area (Å²) in [5, 5.41) is 17.0. The van der Waals surface area contributed by atoms with Gasteiger partial charge in [-0.25, -0.2) is 0 Å². The first kappa shape index (κ1) is 26.1. The Balaban J connectivity index is 1.52. The van der Waals surface area contributed by atoms with Crippen LogP contribution in [0.3, 0.4) is 0 Å². The standard InChI is InChI=1S/C29H38ClN3O4/c1-28(2,3)18-14-19(29(4)10-11-29)16-21(15-18)33-26(37-22-8-6-5-7-9-22)23(30)24(32-33)25(34)31-20-12-17(13-20)27(35)36/h14-17,20,22H,5-13H2,1-4H3,(H,31,34)(H,35,36). The first-order chi connectivity index (χ1) is 17.4. The maximum absolute atomic E-state index is 13.2. The zero-order chi connectivity index (χ0) is 26.5. The van der Waals surface area contributed by atoms with E-state index in [0.717, 1.165) is 44.2 Å². The quantitative estimate of drug-likeness (QED) is 0.448. The molecular formula is C29H38ClN3O4. The van der Waals surface area contributed by atoms with E-state index >= 15 is 0 Å². The Labute approximate surface area is 223 Å². The number of nitrogens with zero attached hydrogens (tertiary/aromatic N) is 2. The van der Waals surface area contributed by atoms with E-state index in [-0.39, 0.29) is 33.7 Å². The first-order valence-corrected chi connectivity index (χ1v) is 14.0. The highest BCUT2D eigenvalue weighted by molar-refractivity contribution is 6.35. The van der Waals surface area contributed by atoms with Gasteiger partial charge in [-0.3, -0.25) is 9.59 Å². The summed E-state index contributed by atoms with van der Waals surface area (Å²) in [7, 11) is 0. The Morgan fingerprint density at radius 1 is 1.14 bits per heavy atom. The number of carboxylic acid groups (broad SMARTS) is 1. The summed E-state index contributed by atoms with van der Waals surface area (Å²) in [6, 6.07) is 6.39. The zero-order valence-corrected chi connectivity index (χ0v) is 23.0. The predicted molar refractivity (Wildman–Crippen MR) is 143 cm³/mol. The average Bonchev–Trinajstić information content (AvgIpc) is 3.50. The van der Waals surface area contributed by atoms with Crippen LogP contribution in [0.15, 0.2) is 18.2 Å². The minimum atomic E-state index is -0.824.